The number of aromatic amines is 1. The van der Waals surface area contributed by atoms with Crippen LogP contribution >= 0.6 is 0 Å². The fourth-order valence-electron chi connectivity index (χ4n) is 2.07. The fraction of sp³-hybridized carbons (Fsp3) is 0.545. The molecule has 5 heteroatoms. The Labute approximate surface area is 95.0 Å². The highest BCUT2D eigenvalue weighted by Gasteiger charge is 2.32. The second-order valence-electron chi connectivity index (χ2n) is 4.21. The number of hydrogen-bond acceptors (Lipinski definition) is 2. The Morgan fingerprint density at radius 3 is 3.12 bits per heavy atom. The number of hydrogen-bond donors (Lipinski definition) is 3. The highest BCUT2D eigenvalue weighted by atomic mass is 16.2. The molecule has 2 unspecified atom stereocenters. The summed E-state index contributed by atoms with van der Waals surface area (Å²) in [5.74, 6) is 0. The van der Waals surface area contributed by atoms with E-state index in [0.717, 1.165) is 12.1 Å². The molecule has 88 valence electrons. The van der Waals surface area contributed by atoms with Gasteiger partial charge in [-0.2, -0.15) is 0 Å². The van der Waals surface area contributed by atoms with E-state index >= 15 is 0 Å². The zero-order chi connectivity index (χ0) is 11.5. The zero-order valence-corrected chi connectivity index (χ0v) is 9.44. The van der Waals surface area contributed by atoms with Crippen molar-refractivity contribution >= 4 is 6.03 Å². The molecule has 0 saturated carbocycles. The Balaban J connectivity index is 2.02. The van der Waals surface area contributed by atoms with E-state index in [1.54, 1.807) is 0 Å². The van der Waals surface area contributed by atoms with E-state index in [1.165, 1.54) is 0 Å². The van der Waals surface area contributed by atoms with Crippen LogP contribution < -0.4 is 11.1 Å². The maximum absolute atomic E-state index is 11.8. The average molecular weight is 222 g/mol. The van der Waals surface area contributed by atoms with Crippen molar-refractivity contribution in [2.24, 2.45) is 5.73 Å². The molecule has 2 rings (SSSR count). The number of amides is 2. The van der Waals surface area contributed by atoms with E-state index in [4.69, 9.17) is 5.73 Å². The summed E-state index contributed by atoms with van der Waals surface area (Å²) in [4.78, 5) is 16.7. The first kappa shape index (κ1) is 11.0. The summed E-state index contributed by atoms with van der Waals surface area (Å²) >= 11 is 0. The summed E-state index contributed by atoms with van der Waals surface area (Å²) in [5, 5.41) is 2.96. The zero-order valence-electron chi connectivity index (χ0n) is 9.44. The second kappa shape index (κ2) is 4.57. The first-order chi connectivity index (χ1) is 7.72. The number of urea groups is 1. The molecule has 0 spiro atoms. The van der Waals surface area contributed by atoms with Gasteiger partial charge in [-0.15, -0.1) is 0 Å². The molecule has 4 N–H and O–H groups in total. The third kappa shape index (κ3) is 2.04. The molecule has 1 aromatic rings. The summed E-state index contributed by atoms with van der Waals surface area (Å²) in [6.07, 6.45) is 2.71. The lowest BCUT2D eigenvalue weighted by molar-refractivity contribution is 0.199. The minimum atomic E-state index is 0.000509. The van der Waals surface area contributed by atoms with E-state index in [-0.39, 0.29) is 18.1 Å². The number of nitrogens with two attached hydrogens (primary N) is 1. The number of carbonyl (C=O) groups excluding carboxylic acids is 1. The van der Waals surface area contributed by atoms with Crippen LogP contribution in [0.25, 0.3) is 0 Å². The van der Waals surface area contributed by atoms with Crippen LogP contribution in [0.15, 0.2) is 18.3 Å². The number of rotatable bonds is 4. The van der Waals surface area contributed by atoms with Gasteiger partial charge >= 0.3 is 6.03 Å². The standard InChI is InChI=1S/C11H18N4O/c1-8(4-5-12)15-7-10(14-11(15)16)9-3-2-6-13-9/h2-3,6,8,10,13H,4-5,7,12H2,1H3,(H,14,16). The molecule has 2 heterocycles. The van der Waals surface area contributed by atoms with Crippen molar-refractivity contribution in [3.8, 4) is 0 Å². The van der Waals surface area contributed by atoms with Crippen LogP contribution in [0.3, 0.4) is 0 Å². The predicted octanol–water partition coefficient (Wildman–Crippen LogP) is 0.818. The second-order valence-corrected chi connectivity index (χ2v) is 4.21. The Bertz CT molecular complexity index is 349. The van der Waals surface area contributed by atoms with Crippen molar-refractivity contribution in [1.82, 2.24) is 15.2 Å². The van der Waals surface area contributed by atoms with Gasteiger partial charge in [0.05, 0.1) is 6.04 Å². The number of carbonyl (C=O) groups is 1. The third-order valence-electron chi connectivity index (χ3n) is 3.05. The van der Waals surface area contributed by atoms with Gasteiger partial charge in [0, 0.05) is 24.5 Å². The normalized spacial score (nSPS) is 22.2. The van der Waals surface area contributed by atoms with Crippen molar-refractivity contribution in [2.75, 3.05) is 13.1 Å². The maximum atomic E-state index is 11.8. The fourth-order valence-corrected chi connectivity index (χ4v) is 2.07. The van der Waals surface area contributed by atoms with Crippen molar-refractivity contribution < 1.29 is 4.79 Å². The quantitative estimate of drug-likeness (QED) is 0.705. The minimum absolute atomic E-state index is 0.000509. The molecule has 0 aromatic carbocycles. The van der Waals surface area contributed by atoms with Crippen LogP contribution in [0.2, 0.25) is 0 Å². The molecule has 2 atom stereocenters. The molecule has 5 nitrogen and oxygen atoms in total. The van der Waals surface area contributed by atoms with Crippen molar-refractivity contribution in [3.05, 3.63) is 24.0 Å². The van der Waals surface area contributed by atoms with Gasteiger partial charge < -0.3 is 20.9 Å². The summed E-state index contributed by atoms with van der Waals surface area (Å²) in [7, 11) is 0. The van der Waals surface area contributed by atoms with Crippen LogP contribution in [0, 0.1) is 0 Å². The first-order valence-electron chi connectivity index (χ1n) is 5.63. The molecule has 16 heavy (non-hydrogen) atoms. The van der Waals surface area contributed by atoms with Gasteiger partial charge in [0.15, 0.2) is 0 Å². The van der Waals surface area contributed by atoms with E-state index in [9.17, 15) is 4.79 Å². The molecule has 1 aliphatic heterocycles. The maximum Gasteiger partial charge on any atom is 0.318 e. The van der Waals surface area contributed by atoms with Gasteiger partial charge in [-0.05, 0) is 32.0 Å². The lowest BCUT2D eigenvalue weighted by atomic mass is 10.2. The van der Waals surface area contributed by atoms with Gasteiger partial charge in [0.25, 0.3) is 0 Å². The SMILES string of the molecule is CC(CCN)N1CC(c2ccc[nH]2)NC1=O. The highest BCUT2D eigenvalue weighted by molar-refractivity contribution is 5.77. The summed E-state index contributed by atoms with van der Waals surface area (Å²) in [6.45, 7) is 3.35. The molecular formula is C11H18N4O. The van der Waals surface area contributed by atoms with Crippen LogP contribution in [0.5, 0.6) is 0 Å². The third-order valence-corrected chi connectivity index (χ3v) is 3.05. The predicted molar refractivity (Wildman–Crippen MR) is 61.9 cm³/mol. The van der Waals surface area contributed by atoms with Crippen molar-refractivity contribution in [2.45, 2.75) is 25.4 Å². The van der Waals surface area contributed by atoms with Gasteiger partial charge in [-0.1, -0.05) is 0 Å². The Kier molecular flexibility index (Phi) is 3.14. The average Bonchev–Trinajstić information content (AvgIpc) is 2.86. The smallest absolute Gasteiger partial charge is 0.318 e. The van der Waals surface area contributed by atoms with Crippen molar-refractivity contribution in [1.29, 1.82) is 0 Å². The number of nitrogens with zero attached hydrogens (tertiary/aromatic N) is 1. The molecule has 0 bridgehead atoms. The molecule has 1 fully saturated rings. The Morgan fingerprint density at radius 1 is 1.69 bits per heavy atom. The minimum Gasteiger partial charge on any atom is -0.363 e. The van der Waals surface area contributed by atoms with Crippen LogP contribution in [0.4, 0.5) is 4.79 Å². The molecular weight excluding hydrogens is 204 g/mol. The molecule has 0 radical (unpaired) electrons. The van der Waals surface area contributed by atoms with Gasteiger partial charge in [0.1, 0.15) is 0 Å². The van der Waals surface area contributed by atoms with Gasteiger partial charge in [0.2, 0.25) is 0 Å². The lowest BCUT2D eigenvalue weighted by Crippen LogP contribution is -2.37. The summed E-state index contributed by atoms with van der Waals surface area (Å²) in [6, 6.07) is 4.20. The summed E-state index contributed by atoms with van der Waals surface area (Å²) < 4.78 is 0. The van der Waals surface area contributed by atoms with E-state index in [1.807, 2.05) is 30.2 Å². The molecule has 2 amide bonds. The van der Waals surface area contributed by atoms with Gasteiger partial charge in [-0.3, -0.25) is 0 Å². The largest absolute Gasteiger partial charge is 0.363 e. The topological polar surface area (TPSA) is 74.2 Å². The molecule has 1 aromatic heterocycles. The van der Waals surface area contributed by atoms with Crippen molar-refractivity contribution in [3.63, 3.8) is 0 Å². The van der Waals surface area contributed by atoms with Gasteiger partial charge in [-0.25, -0.2) is 4.79 Å². The molecule has 1 saturated heterocycles. The Hall–Kier alpha value is -1.49. The number of H-pyrrole nitrogens is 1. The van der Waals surface area contributed by atoms with Crippen LogP contribution in [-0.4, -0.2) is 35.0 Å². The van der Waals surface area contributed by atoms with E-state index in [2.05, 4.69) is 10.3 Å². The number of nitrogens with one attached hydrogen (secondary N) is 2. The molecule has 0 aliphatic carbocycles. The lowest BCUT2D eigenvalue weighted by Gasteiger charge is -2.22. The monoisotopic (exact) mass is 222 g/mol. The highest BCUT2D eigenvalue weighted by Crippen LogP contribution is 2.21. The van der Waals surface area contributed by atoms with Crippen LogP contribution in [-0.2, 0) is 0 Å². The van der Waals surface area contributed by atoms with E-state index in [0.29, 0.717) is 13.1 Å². The number of aromatic nitrogens is 1. The first-order valence-corrected chi connectivity index (χ1v) is 5.63. The van der Waals surface area contributed by atoms with Crippen LogP contribution in [0.1, 0.15) is 25.1 Å². The molecule has 1 aliphatic rings. The Morgan fingerprint density at radius 2 is 2.50 bits per heavy atom. The summed E-state index contributed by atoms with van der Waals surface area (Å²) in [5.41, 5.74) is 6.56. The van der Waals surface area contributed by atoms with E-state index < -0.39 is 0 Å².